The normalized spacial score (nSPS) is 13.4. The Morgan fingerprint density at radius 2 is 2.00 bits per heavy atom. The molecule has 0 spiro atoms. The SMILES string of the molecule is COc1ccc(C)cc1C(O)COCCC(F)(F)F. The molecule has 1 N–H and O–H groups in total. The third-order valence-electron chi connectivity index (χ3n) is 2.55. The Labute approximate surface area is 110 Å². The van der Waals surface area contributed by atoms with Crippen molar-refractivity contribution >= 4 is 0 Å². The Balaban J connectivity index is 2.53. The zero-order valence-electron chi connectivity index (χ0n) is 10.8. The summed E-state index contributed by atoms with van der Waals surface area (Å²) in [5.74, 6) is 0.484. The second-order valence-electron chi connectivity index (χ2n) is 4.20. The summed E-state index contributed by atoms with van der Waals surface area (Å²) >= 11 is 0. The van der Waals surface area contributed by atoms with E-state index >= 15 is 0 Å². The molecule has 1 aromatic rings. The van der Waals surface area contributed by atoms with Crippen LogP contribution >= 0.6 is 0 Å². The summed E-state index contributed by atoms with van der Waals surface area (Å²) in [5, 5.41) is 9.90. The lowest BCUT2D eigenvalue weighted by Crippen LogP contribution is -2.15. The van der Waals surface area contributed by atoms with Crippen molar-refractivity contribution in [2.45, 2.75) is 25.6 Å². The van der Waals surface area contributed by atoms with Crippen LogP contribution in [0.4, 0.5) is 13.2 Å². The highest BCUT2D eigenvalue weighted by atomic mass is 19.4. The maximum Gasteiger partial charge on any atom is 0.391 e. The van der Waals surface area contributed by atoms with Gasteiger partial charge in [0.05, 0.1) is 26.7 Å². The molecule has 0 aliphatic carbocycles. The Hall–Kier alpha value is -1.27. The van der Waals surface area contributed by atoms with Gasteiger partial charge in [0.25, 0.3) is 0 Å². The molecule has 0 heterocycles. The van der Waals surface area contributed by atoms with Gasteiger partial charge in [0.2, 0.25) is 0 Å². The Kier molecular flexibility index (Phi) is 5.62. The molecular formula is C13H17F3O3. The second-order valence-corrected chi connectivity index (χ2v) is 4.20. The molecule has 19 heavy (non-hydrogen) atoms. The number of aryl methyl sites for hydroxylation is 1. The fourth-order valence-electron chi connectivity index (χ4n) is 1.59. The summed E-state index contributed by atoms with van der Waals surface area (Å²) in [5.41, 5.74) is 1.43. The standard InChI is InChI=1S/C13H17F3O3/c1-9-3-4-12(18-2)10(7-9)11(17)8-19-6-5-13(14,15)16/h3-4,7,11,17H,5-6,8H2,1-2H3. The number of hydrogen-bond acceptors (Lipinski definition) is 3. The number of benzene rings is 1. The number of hydrogen-bond donors (Lipinski definition) is 1. The average molecular weight is 278 g/mol. The minimum atomic E-state index is -4.24. The molecule has 0 aliphatic heterocycles. The maximum atomic E-state index is 11.9. The van der Waals surface area contributed by atoms with Gasteiger partial charge >= 0.3 is 6.18 Å². The van der Waals surface area contributed by atoms with Crippen LogP contribution in [0.5, 0.6) is 5.75 Å². The smallest absolute Gasteiger partial charge is 0.391 e. The summed E-state index contributed by atoms with van der Waals surface area (Å²) < 4.78 is 45.7. The number of rotatable bonds is 6. The van der Waals surface area contributed by atoms with Crippen LogP contribution in [0.25, 0.3) is 0 Å². The van der Waals surface area contributed by atoms with Gasteiger partial charge < -0.3 is 14.6 Å². The molecule has 1 unspecified atom stereocenters. The molecule has 0 saturated carbocycles. The van der Waals surface area contributed by atoms with E-state index in [2.05, 4.69) is 0 Å². The van der Waals surface area contributed by atoms with Crippen LogP contribution in [0.3, 0.4) is 0 Å². The van der Waals surface area contributed by atoms with Crippen molar-refractivity contribution in [1.29, 1.82) is 0 Å². The van der Waals surface area contributed by atoms with Gasteiger partial charge in [-0.3, -0.25) is 0 Å². The van der Waals surface area contributed by atoms with E-state index in [1.807, 2.05) is 13.0 Å². The van der Waals surface area contributed by atoms with Crippen LogP contribution in [0, 0.1) is 6.92 Å². The molecule has 6 heteroatoms. The summed E-state index contributed by atoms with van der Waals surface area (Å²) in [4.78, 5) is 0. The van der Waals surface area contributed by atoms with Gasteiger partial charge in [-0.25, -0.2) is 0 Å². The Morgan fingerprint density at radius 3 is 2.58 bits per heavy atom. The molecule has 0 bridgehead atoms. The molecule has 3 nitrogen and oxygen atoms in total. The third-order valence-corrected chi connectivity index (χ3v) is 2.55. The molecule has 0 saturated heterocycles. The van der Waals surface area contributed by atoms with E-state index in [-0.39, 0.29) is 6.61 Å². The number of aliphatic hydroxyl groups excluding tert-OH is 1. The van der Waals surface area contributed by atoms with Crippen molar-refractivity contribution in [1.82, 2.24) is 0 Å². The van der Waals surface area contributed by atoms with Gasteiger partial charge in [-0.05, 0) is 19.1 Å². The molecule has 0 aromatic heterocycles. The van der Waals surface area contributed by atoms with Crippen LogP contribution in [-0.4, -0.2) is 31.6 Å². The van der Waals surface area contributed by atoms with Gasteiger partial charge in [0.15, 0.2) is 0 Å². The monoisotopic (exact) mass is 278 g/mol. The molecule has 0 amide bonds. The first kappa shape index (κ1) is 15.8. The van der Waals surface area contributed by atoms with Gasteiger partial charge in [0, 0.05) is 5.56 Å². The summed E-state index contributed by atoms with van der Waals surface area (Å²) in [6, 6.07) is 5.24. The second kappa shape index (κ2) is 6.77. The van der Waals surface area contributed by atoms with Crippen molar-refractivity contribution in [3.63, 3.8) is 0 Å². The number of ether oxygens (including phenoxy) is 2. The molecule has 0 fully saturated rings. The Morgan fingerprint density at radius 1 is 1.32 bits per heavy atom. The number of halogens is 3. The molecule has 0 radical (unpaired) electrons. The molecule has 108 valence electrons. The van der Waals surface area contributed by atoms with E-state index in [1.54, 1.807) is 12.1 Å². The molecule has 1 aromatic carbocycles. The van der Waals surface area contributed by atoms with E-state index in [9.17, 15) is 18.3 Å². The first-order chi connectivity index (χ1) is 8.83. The fourth-order valence-corrected chi connectivity index (χ4v) is 1.59. The minimum Gasteiger partial charge on any atom is -0.496 e. The quantitative estimate of drug-likeness (QED) is 0.813. The minimum absolute atomic E-state index is 0.199. The molecule has 0 aliphatic rings. The van der Waals surface area contributed by atoms with Crippen LogP contribution in [0.15, 0.2) is 18.2 Å². The largest absolute Gasteiger partial charge is 0.496 e. The predicted molar refractivity (Wildman–Crippen MR) is 64.2 cm³/mol. The van der Waals surface area contributed by atoms with E-state index in [0.29, 0.717) is 11.3 Å². The fraction of sp³-hybridized carbons (Fsp3) is 0.538. The highest BCUT2D eigenvalue weighted by Crippen LogP contribution is 2.26. The number of methoxy groups -OCH3 is 1. The summed E-state index contributed by atoms with van der Waals surface area (Å²) in [6.45, 7) is 1.19. The highest BCUT2D eigenvalue weighted by molar-refractivity contribution is 5.38. The van der Waals surface area contributed by atoms with Crippen molar-refractivity contribution in [3.05, 3.63) is 29.3 Å². The van der Waals surface area contributed by atoms with E-state index < -0.39 is 25.3 Å². The van der Waals surface area contributed by atoms with Crippen LogP contribution in [0.1, 0.15) is 23.7 Å². The van der Waals surface area contributed by atoms with Crippen molar-refractivity contribution < 1.29 is 27.8 Å². The summed E-state index contributed by atoms with van der Waals surface area (Å²) in [7, 11) is 1.46. The highest BCUT2D eigenvalue weighted by Gasteiger charge is 2.26. The average Bonchev–Trinajstić information content (AvgIpc) is 2.33. The first-order valence-electron chi connectivity index (χ1n) is 5.80. The van der Waals surface area contributed by atoms with Gasteiger partial charge in [-0.1, -0.05) is 11.6 Å². The maximum absolute atomic E-state index is 11.9. The lowest BCUT2D eigenvalue weighted by atomic mass is 10.1. The lowest BCUT2D eigenvalue weighted by Gasteiger charge is -2.16. The summed E-state index contributed by atoms with van der Waals surface area (Å²) in [6.07, 6.45) is -6.28. The predicted octanol–water partition coefficient (Wildman–Crippen LogP) is 3.01. The zero-order valence-corrected chi connectivity index (χ0v) is 10.8. The van der Waals surface area contributed by atoms with Crippen LogP contribution in [-0.2, 0) is 4.74 Å². The van der Waals surface area contributed by atoms with Crippen molar-refractivity contribution in [2.75, 3.05) is 20.3 Å². The van der Waals surface area contributed by atoms with E-state index in [0.717, 1.165) is 5.56 Å². The molecule has 1 atom stereocenters. The van der Waals surface area contributed by atoms with Gasteiger partial charge in [-0.15, -0.1) is 0 Å². The number of aliphatic hydroxyl groups is 1. The lowest BCUT2D eigenvalue weighted by molar-refractivity contribution is -0.147. The topological polar surface area (TPSA) is 38.7 Å². The third kappa shape index (κ3) is 5.48. The molecule has 1 rings (SSSR count). The zero-order chi connectivity index (χ0) is 14.5. The molecular weight excluding hydrogens is 261 g/mol. The first-order valence-corrected chi connectivity index (χ1v) is 5.80. The Bertz CT molecular complexity index is 405. The van der Waals surface area contributed by atoms with E-state index in [4.69, 9.17) is 9.47 Å². The van der Waals surface area contributed by atoms with Gasteiger partial charge in [-0.2, -0.15) is 13.2 Å². The van der Waals surface area contributed by atoms with E-state index in [1.165, 1.54) is 7.11 Å². The van der Waals surface area contributed by atoms with Gasteiger partial charge in [0.1, 0.15) is 11.9 Å². The van der Waals surface area contributed by atoms with Crippen LogP contribution < -0.4 is 4.74 Å². The van der Waals surface area contributed by atoms with Crippen LogP contribution in [0.2, 0.25) is 0 Å². The number of alkyl halides is 3. The van der Waals surface area contributed by atoms with Crippen molar-refractivity contribution in [3.8, 4) is 5.75 Å². The van der Waals surface area contributed by atoms with Crippen molar-refractivity contribution in [2.24, 2.45) is 0 Å².